The van der Waals surface area contributed by atoms with Gasteiger partial charge in [-0.1, -0.05) is 6.92 Å². The molecule has 0 aliphatic carbocycles. The molecular formula is C7H15N2O+. The molecule has 0 aromatic rings. The minimum absolute atomic E-state index is 0.279. The second-order valence-corrected chi connectivity index (χ2v) is 2.91. The van der Waals surface area contributed by atoms with Crippen LogP contribution in [-0.4, -0.2) is 29.9 Å². The molecule has 3 N–H and O–H groups in total. The van der Waals surface area contributed by atoms with Gasteiger partial charge in [0.2, 0.25) is 5.91 Å². The maximum Gasteiger partial charge on any atom is 0.228 e. The van der Waals surface area contributed by atoms with Crippen molar-refractivity contribution in [1.29, 1.82) is 0 Å². The van der Waals surface area contributed by atoms with E-state index in [1.807, 2.05) is 4.90 Å². The summed E-state index contributed by atoms with van der Waals surface area (Å²) in [6.07, 6.45) is 1.71. The van der Waals surface area contributed by atoms with E-state index < -0.39 is 0 Å². The second-order valence-electron chi connectivity index (χ2n) is 2.91. The molecule has 0 radical (unpaired) electrons. The minimum atomic E-state index is 0.279. The van der Waals surface area contributed by atoms with Crippen molar-refractivity contribution in [2.45, 2.75) is 25.8 Å². The van der Waals surface area contributed by atoms with Crippen molar-refractivity contribution in [2.75, 3.05) is 13.1 Å². The molecule has 0 aromatic carbocycles. The van der Waals surface area contributed by atoms with Crippen LogP contribution in [-0.2, 0) is 4.79 Å². The number of likely N-dealkylation sites (tertiary alicyclic amines) is 1. The van der Waals surface area contributed by atoms with Crippen LogP contribution in [0.15, 0.2) is 0 Å². The lowest BCUT2D eigenvalue weighted by molar-refractivity contribution is -0.413. The Morgan fingerprint density at radius 3 is 2.90 bits per heavy atom. The van der Waals surface area contributed by atoms with Crippen LogP contribution >= 0.6 is 0 Å². The van der Waals surface area contributed by atoms with Crippen LogP contribution in [0.5, 0.6) is 0 Å². The summed E-state index contributed by atoms with van der Waals surface area (Å²) >= 11 is 0. The standard InChI is InChI=1S/C7H14N2O/c1-2-3-9-5-6(8)4-7(9)10/h6H,2-5,8H2,1H3/p+1/t6-/m0/s1. The zero-order valence-electron chi connectivity index (χ0n) is 6.47. The quantitative estimate of drug-likeness (QED) is 0.542. The van der Waals surface area contributed by atoms with Crippen LogP contribution in [0, 0.1) is 0 Å². The Hall–Kier alpha value is -0.570. The van der Waals surface area contributed by atoms with Crippen molar-refractivity contribution in [3.8, 4) is 0 Å². The number of amides is 1. The number of carbonyl (C=O) groups excluding carboxylic acids is 1. The molecule has 1 heterocycles. The van der Waals surface area contributed by atoms with Crippen LogP contribution in [0.1, 0.15) is 19.8 Å². The van der Waals surface area contributed by atoms with E-state index in [0.717, 1.165) is 19.5 Å². The number of rotatable bonds is 2. The summed E-state index contributed by atoms with van der Waals surface area (Å²) in [5.41, 5.74) is 3.86. The number of hydrogen-bond donors (Lipinski definition) is 1. The molecule has 1 rings (SSSR count). The van der Waals surface area contributed by atoms with Crippen molar-refractivity contribution < 1.29 is 10.5 Å². The molecule has 0 unspecified atom stereocenters. The average molecular weight is 143 g/mol. The van der Waals surface area contributed by atoms with E-state index in [1.165, 1.54) is 0 Å². The van der Waals surface area contributed by atoms with Gasteiger partial charge in [0.1, 0.15) is 6.04 Å². The normalized spacial score (nSPS) is 26.0. The molecule has 1 aliphatic heterocycles. The van der Waals surface area contributed by atoms with Crippen molar-refractivity contribution in [3.05, 3.63) is 0 Å². The van der Waals surface area contributed by atoms with Crippen molar-refractivity contribution in [2.24, 2.45) is 0 Å². The summed E-state index contributed by atoms with van der Waals surface area (Å²) in [5, 5.41) is 0. The first-order valence-corrected chi connectivity index (χ1v) is 3.85. The molecule has 1 saturated heterocycles. The van der Waals surface area contributed by atoms with Crippen LogP contribution in [0.4, 0.5) is 0 Å². The largest absolute Gasteiger partial charge is 0.353 e. The summed E-state index contributed by atoms with van der Waals surface area (Å²) in [5.74, 6) is 0.279. The molecule has 10 heavy (non-hydrogen) atoms. The van der Waals surface area contributed by atoms with Crippen molar-refractivity contribution in [3.63, 3.8) is 0 Å². The average Bonchev–Trinajstić information content (AvgIpc) is 2.13. The molecule has 0 bridgehead atoms. The predicted molar refractivity (Wildman–Crippen MR) is 38.2 cm³/mol. The first-order valence-electron chi connectivity index (χ1n) is 3.85. The van der Waals surface area contributed by atoms with E-state index in [4.69, 9.17) is 0 Å². The van der Waals surface area contributed by atoms with Crippen molar-refractivity contribution in [1.82, 2.24) is 4.90 Å². The van der Waals surface area contributed by atoms with Crippen LogP contribution in [0.3, 0.4) is 0 Å². The van der Waals surface area contributed by atoms with E-state index in [0.29, 0.717) is 12.5 Å². The maximum atomic E-state index is 11.1. The third kappa shape index (κ3) is 1.48. The zero-order chi connectivity index (χ0) is 7.56. The zero-order valence-corrected chi connectivity index (χ0v) is 6.47. The van der Waals surface area contributed by atoms with Gasteiger partial charge in [-0.3, -0.25) is 4.79 Å². The molecule has 1 aliphatic rings. The molecule has 3 heteroatoms. The van der Waals surface area contributed by atoms with Gasteiger partial charge in [-0.05, 0) is 6.42 Å². The SMILES string of the molecule is CCCN1C[C@@H]([NH3+])CC1=O. The Bertz CT molecular complexity index is 136. The van der Waals surface area contributed by atoms with E-state index in [-0.39, 0.29) is 5.91 Å². The Balaban J connectivity index is 2.39. The fraction of sp³-hybridized carbons (Fsp3) is 0.857. The first kappa shape index (κ1) is 7.54. The number of carbonyl (C=O) groups is 1. The third-order valence-electron chi connectivity index (χ3n) is 1.79. The van der Waals surface area contributed by atoms with Gasteiger partial charge in [-0.25, -0.2) is 0 Å². The molecule has 0 spiro atoms. The smallest absolute Gasteiger partial charge is 0.228 e. The lowest BCUT2D eigenvalue weighted by Crippen LogP contribution is -2.61. The Morgan fingerprint density at radius 1 is 1.80 bits per heavy atom. The fourth-order valence-electron chi connectivity index (χ4n) is 1.34. The molecule has 3 nitrogen and oxygen atoms in total. The predicted octanol–water partition coefficient (Wildman–Crippen LogP) is -0.761. The van der Waals surface area contributed by atoms with E-state index in [2.05, 4.69) is 12.7 Å². The highest BCUT2D eigenvalue weighted by molar-refractivity contribution is 5.78. The maximum absolute atomic E-state index is 11.1. The number of quaternary nitrogens is 1. The molecule has 1 amide bonds. The lowest BCUT2D eigenvalue weighted by Gasteiger charge is -2.12. The summed E-state index contributed by atoms with van der Waals surface area (Å²) in [6.45, 7) is 3.86. The molecule has 0 aromatic heterocycles. The molecular weight excluding hydrogens is 128 g/mol. The van der Waals surface area contributed by atoms with E-state index >= 15 is 0 Å². The minimum Gasteiger partial charge on any atom is -0.353 e. The third-order valence-corrected chi connectivity index (χ3v) is 1.79. The van der Waals surface area contributed by atoms with Crippen LogP contribution in [0.25, 0.3) is 0 Å². The summed E-state index contributed by atoms with van der Waals surface area (Å²) < 4.78 is 0. The number of hydrogen-bond acceptors (Lipinski definition) is 1. The van der Waals surface area contributed by atoms with Gasteiger partial charge in [0.15, 0.2) is 0 Å². The fourth-order valence-corrected chi connectivity index (χ4v) is 1.34. The highest BCUT2D eigenvalue weighted by Crippen LogP contribution is 2.07. The number of nitrogens with zero attached hydrogens (tertiary/aromatic N) is 1. The van der Waals surface area contributed by atoms with Crippen LogP contribution < -0.4 is 5.73 Å². The molecule has 1 atom stereocenters. The lowest BCUT2D eigenvalue weighted by atomic mass is 10.3. The highest BCUT2D eigenvalue weighted by atomic mass is 16.2. The van der Waals surface area contributed by atoms with Gasteiger partial charge in [0, 0.05) is 6.54 Å². The molecule has 0 saturated carbocycles. The van der Waals surface area contributed by atoms with E-state index in [1.54, 1.807) is 0 Å². The van der Waals surface area contributed by atoms with Gasteiger partial charge in [0.25, 0.3) is 0 Å². The summed E-state index contributed by atoms with van der Waals surface area (Å²) in [6, 6.07) is 0.332. The molecule has 1 fully saturated rings. The van der Waals surface area contributed by atoms with Crippen LogP contribution in [0.2, 0.25) is 0 Å². The highest BCUT2D eigenvalue weighted by Gasteiger charge is 2.28. The topological polar surface area (TPSA) is 48.0 Å². The second kappa shape index (κ2) is 3.01. The van der Waals surface area contributed by atoms with Gasteiger partial charge in [-0.15, -0.1) is 0 Å². The van der Waals surface area contributed by atoms with Gasteiger partial charge >= 0.3 is 0 Å². The molecule has 58 valence electrons. The van der Waals surface area contributed by atoms with E-state index in [9.17, 15) is 4.79 Å². The Kier molecular flexibility index (Phi) is 2.27. The van der Waals surface area contributed by atoms with Gasteiger partial charge < -0.3 is 10.6 Å². The summed E-state index contributed by atoms with van der Waals surface area (Å²) in [4.78, 5) is 13.0. The monoisotopic (exact) mass is 143 g/mol. The van der Waals surface area contributed by atoms with Crippen molar-refractivity contribution >= 4 is 5.91 Å². The van der Waals surface area contributed by atoms with Gasteiger partial charge in [0.05, 0.1) is 13.0 Å². The Morgan fingerprint density at radius 2 is 2.50 bits per heavy atom. The summed E-state index contributed by atoms with van der Waals surface area (Å²) in [7, 11) is 0. The van der Waals surface area contributed by atoms with Gasteiger partial charge in [-0.2, -0.15) is 0 Å². The first-order chi connectivity index (χ1) is 4.74. The Labute approximate surface area is 61.2 Å².